The Morgan fingerprint density at radius 2 is 1.81 bits per heavy atom. The van der Waals surface area contributed by atoms with Crippen molar-refractivity contribution in [2.75, 3.05) is 29.0 Å². The monoisotopic (exact) mass is 466 g/mol. The smallest absolute Gasteiger partial charge is 0.159 e. The lowest BCUT2D eigenvalue weighted by Crippen LogP contribution is -2.31. The van der Waals surface area contributed by atoms with Crippen LogP contribution in [-0.4, -0.2) is 23.1 Å². The molecule has 164 valence electrons. The molecule has 1 fully saturated rings. The fourth-order valence-electron chi connectivity index (χ4n) is 4.01. The van der Waals surface area contributed by atoms with Gasteiger partial charge in [-0.25, -0.2) is 9.97 Å². The highest BCUT2D eigenvalue weighted by molar-refractivity contribution is 6.32. The Bertz CT molecular complexity index is 1150. The average molecular weight is 467 g/mol. The summed E-state index contributed by atoms with van der Waals surface area (Å²) in [5.74, 6) is 0.805. The van der Waals surface area contributed by atoms with Gasteiger partial charge in [0.05, 0.1) is 12.0 Å². The molecule has 6 nitrogen and oxygen atoms in total. The topological polar surface area (TPSA) is 90.9 Å². The predicted octanol–water partition coefficient (Wildman–Crippen LogP) is 6.06. The van der Waals surface area contributed by atoms with Crippen LogP contribution in [0, 0.1) is 18.3 Å². The molecule has 3 N–H and O–H groups in total. The van der Waals surface area contributed by atoms with Crippen molar-refractivity contribution in [1.29, 1.82) is 5.26 Å². The van der Waals surface area contributed by atoms with Crippen LogP contribution < -0.4 is 16.0 Å². The van der Waals surface area contributed by atoms with Gasteiger partial charge in [0.15, 0.2) is 11.6 Å². The molecule has 0 radical (unpaired) electrons. The summed E-state index contributed by atoms with van der Waals surface area (Å²) in [5, 5.41) is 14.2. The first-order chi connectivity index (χ1) is 15.5. The normalized spacial score (nSPS) is 14.6. The first-order valence-corrected chi connectivity index (χ1v) is 11.3. The maximum atomic E-state index is 9.82. The summed E-state index contributed by atoms with van der Waals surface area (Å²) in [6.07, 6.45) is 5.03. The van der Waals surface area contributed by atoms with Crippen LogP contribution in [0.4, 0.5) is 23.0 Å². The Labute approximate surface area is 198 Å². The molecule has 1 unspecified atom stereocenters. The molecule has 1 atom stereocenters. The van der Waals surface area contributed by atoms with Gasteiger partial charge < -0.3 is 16.0 Å². The van der Waals surface area contributed by atoms with Gasteiger partial charge in [0.2, 0.25) is 0 Å². The van der Waals surface area contributed by atoms with E-state index in [0.717, 1.165) is 54.1 Å². The van der Waals surface area contributed by atoms with E-state index in [1.807, 2.05) is 31.2 Å². The summed E-state index contributed by atoms with van der Waals surface area (Å²) in [6, 6.07) is 13.3. The van der Waals surface area contributed by atoms with Crippen LogP contribution in [0.25, 0.3) is 0 Å². The second kappa shape index (κ2) is 9.64. The molecule has 2 aromatic carbocycles. The molecule has 4 rings (SSSR count). The first kappa shape index (κ1) is 22.2. The molecule has 1 saturated heterocycles. The SMILES string of the molecule is Cc1cc(C(C#N)c2ccc(Cl)cc2)c(Cl)cc1Nc1ncnc(N2CCCCC2)c1N. The summed E-state index contributed by atoms with van der Waals surface area (Å²) < 4.78 is 0. The average Bonchev–Trinajstić information content (AvgIpc) is 2.80. The first-order valence-electron chi connectivity index (χ1n) is 10.6. The van der Waals surface area contributed by atoms with E-state index in [1.165, 1.54) is 12.7 Å². The van der Waals surface area contributed by atoms with Crippen molar-refractivity contribution < 1.29 is 0 Å². The van der Waals surface area contributed by atoms with E-state index in [4.69, 9.17) is 28.9 Å². The molecule has 0 saturated carbocycles. The van der Waals surface area contributed by atoms with Crippen LogP contribution in [0.3, 0.4) is 0 Å². The van der Waals surface area contributed by atoms with E-state index in [2.05, 4.69) is 26.3 Å². The molecule has 1 aliphatic rings. The van der Waals surface area contributed by atoms with Crippen LogP contribution in [0.5, 0.6) is 0 Å². The minimum atomic E-state index is -0.498. The van der Waals surface area contributed by atoms with Crippen molar-refractivity contribution in [2.24, 2.45) is 0 Å². The van der Waals surface area contributed by atoms with Gasteiger partial charge in [-0.3, -0.25) is 0 Å². The zero-order valence-electron chi connectivity index (χ0n) is 17.8. The summed E-state index contributed by atoms with van der Waals surface area (Å²) in [5.41, 5.74) is 10.2. The van der Waals surface area contributed by atoms with Crippen LogP contribution in [-0.2, 0) is 0 Å². The Balaban J connectivity index is 1.63. The van der Waals surface area contributed by atoms with Gasteiger partial charge in [-0.15, -0.1) is 0 Å². The molecule has 1 aromatic heterocycles. The number of nitrogens with one attached hydrogen (secondary N) is 1. The molecule has 0 aliphatic carbocycles. The molecular formula is C24H24Cl2N6. The lowest BCUT2D eigenvalue weighted by molar-refractivity contribution is 0.574. The van der Waals surface area contributed by atoms with Crippen molar-refractivity contribution >= 4 is 46.2 Å². The number of rotatable bonds is 5. The van der Waals surface area contributed by atoms with Crippen LogP contribution in [0.15, 0.2) is 42.7 Å². The Morgan fingerprint density at radius 1 is 1.09 bits per heavy atom. The van der Waals surface area contributed by atoms with Gasteiger partial charge in [0.25, 0.3) is 0 Å². The van der Waals surface area contributed by atoms with Crippen LogP contribution in [0.1, 0.15) is 41.9 Å². The fourth-order valence-corrected chi connectivity index (χ4v) is 4.41. The molecular weight excluding hydrogens is 443 g/mol. The number of nitrogen functional groups attached to an aromatic ring is 1. The highest BCUT2D eigenvalue weighted by Crippen LogP contribution is 2.36. The number of benzene rings is 2. The number of nitrogens with zero attached hydrogens (tertiary/aromatic N) is 4. The van der Waals surface area contributed by atoms with Crippen molar-refractivity contribution in [3.63, 3.8) is 0 Å². The number of nitrogens with two attached hydrogens (primary N) is 1. The summed E-state index contributed by atoms with van der Waals surface area (Å²) in [4.78, 5) is 11.0. The van der Waals surface area contributed by atoms with Crippen LogP contribution in [0.2, 0.25) is 10.0 Å². The van der Waals surface area contributed by atoms with Gasteiger partial charge in [-0.1, -0.05) is 41.4 Å². The highest BCUT2D eigenvalue weighted by Gasteiger charge is 2.20. The number of hydrogen-bond acceptors (Lipinski definition) is 6. The van der Waals surface area contributed by atoms with E-state index in [-0.39, 0.29) is 0 Å². The van der Waals surface area contributed by atoms with E-state index in [9.17, 15) is 5.26 Å². The molecule has 2 heterocycles. The van der Waals surface area contributed by atoms with Gasteiger partial charge in [0, 0.05) is 28.8 Å². The number of piperidine rings is 1. The molecule has 0 amide bonds. The summed E-state index contributed by atoms with van der Waals surface area (Å²) in [6.45, 7) is 3.85. The maximum Gasteiger partial charge on any atom is 0.159 e. The van der Waals surface area contributed by atoms with E-state index < -0.39 is 5.92 Å². The lowest BCUT2D eigenvalue weighted by Gasteiger charge is -2.29. The third kappa shape index (κ3) is 4.59. The highest BCUT2D eigenvalue weighted by atomic mass is 35.5. The van der Waals surface area contributed by atoms with E-state index in [0.29, 0.717) is 21.6 Å². The molecule has 32 heavy (non-hydrogen) atoms. The summed E-state index contributed by atoms with van der Waals surface area (Å²) >= 11 is 12.6. The van der Waals surface area contributed by atoms with Gasteiger partial charge in [0.1, 0.15) is 12.0 Å². The molecule has 0 bridgehead atoms. The third-order valence-corrected chi connectivity index (χ3v) is 6.34. The standard InChI is InChI=1S/C24H24Cl2N6/c1-15-11-18(19(13-27)16-5-7-17(25)8-6-16)20(26)12-21(15)31-23-22(28)24(30-14-29-23)32-9-3-2-4-10-32/h5-8,11-12,14,19H,2-4,9-10,28H2,1H3,(H,29,30,31). The second-order valence-electron chi connectivity index (χ2n) is 7.93. The predicted molar refractivity (Wildman–Crippen MR) is 131 cm³/mol. The van der Waals surface area contributed by atoms with Gasteiger partial charge in [-0.05, 0) is 61.1 Å². The zero-order chi connectivity index (χ0) is 22.7. The number of anilines is 4. The largest absolute Gasteiger partial charge is 0.393 e. The molecule has 3 aromatic rings. The Kier molecular flexibility index (Phi) is 6.69. The van der Waals surface area contributed by atoms with Crippen molar-refractivity contribution in [1.82, 2.24) is 9.97 Å². The Morgan fingerprint density at radius 3 is 2.50 bits per heavy atom. The van der Waals surface area contributed by atoms with Gasteiger partial charge in [-0.2, -0.15) is 5.26 Å². The number of hydrogen-bond donors (Lipinski definition) is 2. The minimum Gasteiger partial charge on any atom is -0.393 e. The number of aryl methyl sites for hydroxylation is 1. The van der Waals surface area contributed by atoms with E-state index in [1.54, 1.807) is 12.1 Å². The molecule has 0 spiro atoms. The molecule has 8 heteroatoms. The number of halogens is 2. The Hall–Kier alpha value is -3.01. The van der Waals surface area contributed by atoms with Crippen molar-refractivity contribution in [3.05, 3.63) is 69.5 Å². The molecule has 1 aliphatic heterocycles. The van der Waals surface area contributed by atoms with Gasteiger partial charge >= 0.3 is 0 Å². The van der Waals surface area contributed by atoms with Crippen molar-refractivity contribution in [2.45, 2.75) is 32.1 Å². The van der Waals surface area contributed by atoms with E-state index >= 15 is 0 Å². The van der Waals surface area contributed by atoms with Crippen LogP contribution >= 0.6 is 23.2 Å². The zero-order valence-corrected chi connectivity index (χ0v) is 19.3. The quantitative estimate of drug-likeness (QED) is 0.474. The van der Waals surface area contributed by atoms with Crippen molar-refractivity contribution in [3.8, 4) is 6.07 Å². The minimum absolute atomic E-state index is 0.489. The second-order valence-corrected chi connectivity index (χ2v) is 8.78. The third-order valence-electron chi connectivity index (χ3n) is 5.76. The number of nitriles is 1. The number of aromatic nitrogens is 2. The fraction of sp³-hybridized carbons (Fsp3) is 0.292. The summed E-state index contributed by atoms with van der Waals surface area (Å²) in [7, 11) is 0. The maximum absolute atomic E-state index is 9.82. The lowest BCUT2D eigenvalue weighted by atomic mass is 9.91.